The molecule has 18 heavy (non-hydrogen) atoms. The Morgan fingerprint density at radius 1 is 1.50 bits per heavy atom. The van der Waals surface area contributed by atoms with E-state index in [1.807, 2.05) is 0 Å². The molecule has 0 saturated carbocycles. The molecule has 0 unspecified atom stereocenters. The van der Waals surface area contributed by atoms with Gasteiger partial charge in [-0.3, -0.25) is 4.79 Å². The first kappa shape index (κ1) is 12.8. The van der Waals surface area contributed by atoms with Crippen LogP contribution >= 0.6 is 15.9 Å². The Labute approximate surface area is 110 Å². The van der Waals surface area contributed by atoms with Gasteiger partial charge in [-0.1, -0.05) is 0 Å². The van der Waals surface area contributed by atoms with Crippen LogP contribution in [0.3, 0.4) is 0 Å². The summed E-state index contributed by atoms with van der Waals surface area (Å²) < 4.78 is 28.6. The highest BCUT2D eigenvalue weighted by atomic mass is 79.9. The SMILES string of the molecule is CCOC(=O)C(=O)c1c(Br)cc2c(c1F)OCO2. The Kier molecular flexibility index (Phi) is 3.51. The van der Waals surface area contributed by atoms with Crippen LogP contribution in [0.1, 0.15) is 17.3 Å². The number of ketones is 1. The van der Waals surface area contributed by atoms with Crippen LogP contribution < -0.4 is 9.47 Å². The molecule has 1 aromatic rings. The third-order valence-corrected chi connectivity index (χ3v) is 2.87. The molecule has 1 heterocycles. The molecule has 0 saturated heterocycles. The lowest BCUT2D eigenvalue weighted by Gasteiger charge is -2.07. The number of rotatable bonds is 3. The van der Waals surface area contributed by atoms with Gasteiger partial charge in [-0.25, -0.2) is 9.18 Å². The maximum Gasteiger partial charge on any atom is 0.379 e. The largest absolute Gasteiger partial charge is 0.460 e. The van der Waals surface area contributed by atoms with E-state index in [9.17, 15) is 14.0 Å². The van der Waals surface area contributed by atoms with Gasteiger partial charge in [0.05, 0.1) is 12.2 Å². The highest BCUT2D eigenvalue weighted by Gasteiger charge is 2.31. The molecule has 0 atom stereocenters. The summed E-state index contributed by atoms with van der Waals surface area (Å²) >= 11 is 3.02. The van der Waals surface area contributed by atoms with E-state index in [0.717, 1.165) is 0 Å². The molecular weight excluding hydrogens is 311 g/mol. The Morgan fingerprint density at radius 3 is 2.89 bits per heavy atom. The average Bonchev–Trinajstić information content (AvgIpc) is 2.77. The second kappa shape index (κ2) is 4.93. The summed E-state index contributed by atoms with van der Waals surface area (Å²) in [5.41, 5.74) is -0.419. The standard InChI is InChI=1S/C11H8BrFO5/c1-2-16-11(15)9(14)7-5(12)3-6-10(8(7)13)18-4-17-6/h3H,2,4H2,1H3. The highest BCUT2D eigenvalue weighted by molar-refractivity contribution is 9.10. The van der Waals surface area contributed by atoms with Crippen LogP contribution in [0.25, 0.3) is 0 Å². The van der Waals surface area contributed by atoms with Crippen molar-refractivity contribution in [2.75, 3.05) is 13.4 Å². The van der Waals surface area contributed by atoms with E-state index < -0.39 is 23.1 Å². The first-order valence-electron chi connectivity index (χ1n) is 5.05. The van der Waals surface area contributed by atoms with Crippen molar-refractivity contribution in [3.05, 3.63) is 21.9 Å². The number of halogens is 2. The van der Waals surface area contributed by atoms with Gasteiger partial charge in [-0.2, -0.15) is 0 Å². The monoisotopic (exact) mass is 318 g/mol. The van der Waals surface area contributed by atoms with Gasteiger partial charge in [0, 0.05) is 4.47 Å². The minimum absolute atomic E-state index is 0.0361. The summed E-state index contributed by atoms with van der Waals surface area (Å²) in [6.07, 6.45) is 0. The summed E-state index contributed by atoms with van der Waals surface area (Å²) in [6, 6.07) is 1.37. The normalized spacial score (nSPS) is 12.4. The van der Waals surface area contributed by atoms with Gasteiger partial charge in [-0.15, -0.1) is 0 Å². The number of fused-ring (bicyclic) bond motifs is 1. The fourth-order valence-corrected chi connectivity index (χ4v) is 2.04. The zero-order valence-corrected chi connectivity index (χ0v) is 10.9. The zero-order valence-electron chi connectivity index (χ0n) is 9.29. The summed E-state index contributed by atoms with van der Waals surface area (Å²) in [5.74, 6) is -3.11. The molecule has 1 aromatic carbocycles. The van der Waals surface area contributed by atoms with E-state index in [1.54, 1.807) is 6.92 Å². The lowest BCUT2D eigenvalue weighted by Crippen LogP contribution is -2.19. The molecule has 0 amide bonds. The number of ether oxygens (including phenoxy) is 3. The van der Waals surface area contributed by atoms with Gasteiger partial charge in [0.15, 0.2) is 11.6 Å². The number of Topliss-reactive ketones (excluding diaryl/α,β-unsaturated/α-hetero) is 1. The van der Waals surface area contributed by atoms with Crippen LogP contribution in [0.4, 0.5) is 4.39 Å². The van der Waals surface area contributed by atoms with E-state index in [2.05, 4.69) is 20.7 Å². The molecule has 0 aromatic heterocycles. The zero-order chi connectivity index (χ0) is 13.3. The van der Waals surface area contributed by atoms with Crippen molar-refractivity contribution in [1.29, 1.82) is 0 Å². The van der Waals surface area contributed by atoms with Crippen LogP contribution in [0.5, 0.6) is 11.5 Å². The Bertz CT molecular complexity index is 529. The predicted molar refractivity (Wildman–Crippen MR) is 61.2 cm³/mol. The van der Waals surface area contributed by atoms with Crippen LogP contribution in [0.15, 0.2) is 10.5 Å². The summed E-state index contributed by atoms with van der Waals surface area (Å²) in [7, 11) is 0. The lowest BCUT2D eigenvalue weighted by atomic mass is 10.1. The van der Waals surface area contributed by atoms with Crippen molar-refractivity contribution in [1.82, 2.24) is 0 Å². The minimum atomic E-state index is -1.11. The van der Waals surface area contributed by atoms with Crippen molar-refractivity contribution >= 4 is 27.7 Å². The van der Waals surface area contributed by atoms with Gasteiger partial charge in [0.1, 0.15) is 0 Å². The van der Waals surface area contributed by atoms with Gasteiger partial charge < -0.3 is 14.2 Å². The van der Waals surface area contributed by atoms with E-state index >= 15 is 0 Å². The average molecular weight is 319 g/mol. The summed E-state index contributed by atoms with van der Waals surface area (Å²) in [5, 5.41) is 0. The van der Waals surface area contributed by atoms with Crippen molar-refractivity contribution in [2.45, 2.75) is 6.92 Å². The van der Waals surface area contributed by atoms with Crippen molar-refractivity contribution < 1.29 is 28.2 Å². The molecular formula is C11H8BrFO5. The Balaban J connectivity index is 2.45. The third kappa shape index (κ3) is 2.05. The number of benzene rings is 1. The molecule has 0 bridgehead atoms. The molecule has 7 heteroatoms. The molecule has 2 rings (SSSR count). The van der Waals surface area contributed by atoms with Crippen LogP contribution in [0.2, 0.25) is 0 Å². The predicted octanol–water partition coefficient (Wildman–Crippen LogP) is 2.06. The van der Waals surface area contributed by atoms with Gasteiger partial charge in [-0.05, 0) is 28.9 Å². The van der Waals surface area contributed by atoms with Crippen LogP contribution in [-0.2, 0) is 9.53 Å². The Morgan fingerprint density at radius 2 is 2.22 bits per heavy atom. The fourth-order valence-electron chi connectivity index (χ4n) is 1.48. The molecule has 1 aliphatic heterocycles. The van der Waals surface area contributed by atoms with E-state index in [0.29, 0.717) is 0 Å². The lowest BCUT2D eigenvalue weighted by molar-refractivity contribution is -0.137. The molecule has 0 N–H and O–H groups in total. The number of carbonyl (C=O) groups excluding carboxylic acids is 2. The molecule has 96 valence electrons. The van der Waals surface area contributed by atoms with E-state index in [4.69, 9.17) is 9.47 Å². The van der Waals surface area contributed by atoms with Gasteiger partial charge in [0.2, 0.25) is 12.5 Å². The van der Waals surface area contributed by atoms with Gasteiger partial charge >= 0.3 is 5.97 Å². The first-order valence-corrected chi connectivity index (χ1v) is 5.84. The minimum Gasteiger partial charge on any atom is -0.460 e. The smallest absolute Gasteiger partial charge is 0.379 e. The highest BCUT2D eigenvalue weighted by Crippen LogP contribution is 2.40. The second-order valence-electron chi connectivity index (χ2n) is 3.33. The van der Waals surface area contributed by atoms with Crippen LogP contribution in [-0.4, -0.2) is 25.2 Å². The number of hydrogen-bond donors (Lipinski definition) is 0. The third-order valence-electron chi connectivity index (χ3n) is 2.24. The van der Waals surface area contributed by atoms with Crippen molar-refractivity contribution in [3.63, 3.8) is 0 Å². The second-order valence-corrected chi connectivity index (χ2v) is 4.19. The van der Waals surface area contributed by atoms with E-state index in [-0.39, 0.29) is 29.4 Å². The number of hydrogen-bond acceptors (Lipinski definition) is 5. The topological polar surface area (TPSA) is 61.8 Å². The molecule has 0 aliphatic carbocycles. The fraction of sp³-hybridized carbons (Fsp3) is 0.273. The molecule has 0 radical (unpaired) electrons. The van der Waals surface area contributed by atoms with Crippen LogP contribution in [0, 0.1) is 5.82 Å². The molecule has 1 aliphatic rings. The maximum absolute atomic E-state index is 14.0. The first-order chi connectivity index (χ1) is 8.56. The molecule has 5 nitrogen and oxygen atoms in total. The number of carbonyl (C=O) groups is 2. The molecule has 0 fully saturated rings. The Hall–Kier alpha value is -1.63. The number of esters is 1. The molecule has 0 spiro atoms. The quantitative estimate of drug-likeness (QED) is 0.485. The maximum atomic E-state index is 14.0. The van der Waals surface area contributed by atoms with E-state index in [1.165, 1.54) is 6.07 Å². The van der Waals surface area contributed by atoms with Crippen molar-refractivity contribution in [3.8, 4) is 11.5 Å². The summed E-state index contributed by atoms with van der Waals surface area (Å²) in [6.45, 7) is 1.46. The van der Waals surface area contributed by atoms with Crippen molar-refractivity contribution in [2.24, 2.45) is 0 Å². The summed E-state index contributed by atoms with van der Waals surface area (Å²) in [4.78, 5) is 23.1. The van der Waals surface area contributed by atoms with Gasteiger partial charge in [0.25, 0.3) is 5.78 Å².